The fourth-order valence-electron chi connectivity index (χ4n) is 7.89. The molecule has 1 aliphatic carbocycles. The van der Waals surface area contributed by atoms with E-state index in [-0.39, 0.29) is 12.0 Å². The van der Waals surface area contributed by atoms with E-state index in [1.54, 1.807) is 0 Å². The molecule has 2 saturated heterocycles. The van der Waals surface area contributed by atoms with Gasteiger partial charge < -0.3 is 25.1 Å². The number of imidazole rings is 2. The van der Waals surface area contributed by atoms with Crippen LogP contribution in [0.1, 0.15) is 88.9 Å². The molecule has 2 aliphatic heterocycles. The molecule has 2 aromatic heterocycles. The Bertz CT molecular complexity index is 1550. The van der Waals surface area contributed by atoms with Crippen LogP contribution >= 0.6 is 0 Å². The predicted octanol–water partition coefficient (Wildman–Crippen LogP) is 7.12. The molecule has 0 spiro atoms. The highest BCUT2D eigenvalue weighted by molar-refractivity contribution is 5.79. The van der Waals surface area contributed by atoms with Gasteiger partial charge in [0.1, 0.15) is 11.6 Å². The highest BCUT2D eigenvalue weighted by atomic mass is 16.2. The van der Waals surface area contributed by atoms with E-state index in [2.05, 4.69) is 92.4 Å². The first-order valence-electron chi connectivity index (χ1n) is 17.2. The predicted molar refractivity (Wildman–Crippen MR) is 179 cm³/mol. The lowest BCUT2D eigenvalue weighted by atomic mass is 9.84. The molecule has 3 aliphatic rings. The number of aromatic amines is 2. The van der Waals surface area contributed by atoms with Crippen molar-refractivity contribution < 1.29 is 4.79 Å². The third-order valence-electron chi connectivity index (χ3n) is 10.5. The van der Waals surface area contributed by atoms with Crippen molar-refractivity contribution in [1.29, 1.82) is 0 Å². The minimum atomic E-state index is 0.0462. The van der Waals surface area contributed by atoms with Crippen LogP contribution in [-0.4, -0.2) is 67.9 Å². The van der Waals surface area contributed by atoms with Gasteiger partial charge in [-0.25, -0.2) is 9.97 Å². The fraction of sp³-hybridized carbons (Fsp3) is 0.486. The fourth-order valence-corrected chi connectivity index (χ4v) is 7.89. The van der Waals surface area contributed by atoms with E-state index in [4.69, 9.17) is 4.98 Å². The molecule has 2 atom stereocenters. The summed E-state index contributed by atoms with van der Waals surface area (Å²) in [5.74, 6) is 2.44. The molecule has 8 nitrogen and oxygen atoms in total. The Morgan fingerprint density at radius 1 is 0.756 bits per heavy atom. The first-order chi connectivity index (χ1) is 22.1. The normalized spacial score (nSPS) is 23.7. The van der Waals surface area contributed by atoms with Gasteiger partial charge in [0, 0.05) is 18.5 Å². The molecule has 0 unspecified atom stereocenters. The largest absolute Gasteiger partial charge is 0.341 e. The van der Waals surface area contributed by atoms with Crippen LogP contribution in [0.15, 0.2) is 60.9 Å². The van der Waals surface area contributed by atoms with Gasteiger partial charge in [-0.1, -0.05) is 62.4 Å². The summed E-state index contributed by atoms with van der Waals surface area (Å²) in [4.78, 5) is 34.8. The summed E-state index contributed by atoms with van der Waals surface area (Å²) >= 11 is 0. The molecule has 3 fully saturated rings. The summed E-state index contributed by atoms with van der Waals surface area (Å²) in [6.45, 7) is 8.57. The van der Waals surface area contributed by atoms with E-state index < -0.39 is 0 Å². The maximum absolute atomic E-state index is 13.7. The van der Waals surface area contributed by atoms with E-state index in [9.17, 15) is 4.79 Å². The third kappa shape index (κ3) is 6.23. The minimum absolute atomic E-state index is 0.0462. The van der Waals surface area contributed by atoms with Gasteiger partial charge in [0.05, 0.1) is 35.9 Å². The molecule has 236 valence electrons. The van der Waals surface area contributed by atoms with Crippen molar-refractivity contribution in [2.24, 2.45) is 5.92 Å². The molecule has 7 rings (SSSR count). The molecule has 4 aromatic rings. The van der Waals surface area contributed by atoms with Gasteiger partial charge >= 0.3 is 0 Å². The van der Waals surface area contributed by atoms with Crippen LogP contribution in [0.5, 0.6) is 0 Å². The minimum Gasteiger partial charge on any atom is -0.341 e. The number of hydrogen-bond donors (Lipinski definition) is 3. The standard InChI is InChI=1S/C37H47N7O/c1-3-43(4-2)30-19-17-29(18-20-30)37(45)44-22-6-8-34(44)36-40-24-33(42-36)28-15-11-26(12-16-28)25-9-13-27(14-10-25)32-23-39-35(41-32)31-7-5-21-38-31/h9-16,23-24,29-31,34,38H,3-8,17-22H2,1-2H3,(H,39,41)(H,40,42)/t29?,30?,31-,34-/m0/s1. The molecule has 0 bridgehead atoms. The van der Waals surface area contributed by atoms with Crippen molar-refractivity contribution in [3.63, 3.8) is 0 Å². The highest BCUT2D eigenvalue weighted by Crippen LogP contribution is 2.37. The molecule has 2 aromatic carbocycles. The summed E-state index contributed by atoms with van der Waals surface area (Å²) in [5.41, 5.74) is 6.65. The SMILES string of the molecule is CCN(CC)C1CCC(C(=O)N2CCC[C@H]2c2ncc(-c3ccc(-c4ccc(-c5cnc([C@@H]6CCCN6)[nH]5)cc4)cc3)[nH]2)CC1. The van der Waals surface area contributed by atoms with Gasteiger partial charge in [-0.2, -0.15) is 0 Å². The summed E-state index contributed by atoms with van der Waals surface area (Å²) in [5, 5.41) is 3.51. The number of nitrogens with zero attached hydrogens (tertiary/aromatic N) is 4. The lowest BCUT2D eigenvalue weighted by molar-refractivity contribution is -0.138. The van der Waals surface area contributed by atoms with Crippen molar-refractivity contribution in [2.75, 3.05) is 26.2 Å². The summed E-state index contributed by atoms with van der Waals surface area (Å²) in [6, 6.07) is 18.3. The second-order valence-corrected chi connectivity index (χ2v) is 13.1. The van der Waals surface area contributed by atoms with E-state index >= 15 is 0 Å². The number of amides is 1. The van der Waals surface area contributed by atoms with Crippen molar-refractivity contribution in [2.45, 2.75) is 83.3 Å². The van der Waals surface area contributed by atoms with Crippen molar-refractivity contribution in [3.05, 3.63) is 72.6 Å². The Morgan fingerprint density at radius 3 is 1.91 bits per heavy atom. The Kier molecular flexibility index (Phi) is 8.85. The van der Waals surface area contributed by atoms with Crippen molar-refractivity contribution >= 4 is 5.91 Å². The Balaban J connectivity index is 0.984. The van der Waals surface area contributed by atoms with Gasteiger partial charge in [-0.05, 0) is 93.3 Å². The van der Waals surface area contributed by atoms with Crippen LogP contribution in [0.4, 0.5) is 0 Å². The highest BCUT2D eigenvalue weighted by Gasteiger charge is 2.37. The number of nitrogens with one attached hydrogen (secondary N) is 3. The summed E-state index contributed by atoms with van der Waals surface area (Å²) in [7, 11) is 0. The van der Waals surface area contributed by atoms with Crippen LogP contribution in [0.2, 0.25) is 0 Å². The quantitative estimate of drug-likeness (QED) is 0.189. The molecular formula is C37H47N7O. The van der Waals surface area contributed by atoms with Crippen LogP contribution in [0.25, 0.3) is 33.6 Å². The van der Waals surface area contributed by atoms with E-state index in [0.29, 0.717) is 18.0 Å². The second kappa shape index (κ2) is 13.3. The number of hydrogen-bond acceptors (Lipinski definition) is 5. The second-order valence-electron chi connectivity index (χ2n) is 13.1. The van der Waals surface area contributed by atoms with Crippen LogP contribution in [0.3, 0.4) is 0 Å². The molecular weight excluding hydrogens is 558 g/mol. The van der Waals surface area contributed by atoms with E-state index in [1.165, 1.54) is 17.5 Å². The van der Waals surface area contributed by atoms with Gasteiger partial charge in [0.2, 0.25) is 5.91 Å². The Labute approximate surface area is 267 Å². The van der Waals surface area contributed by atoms with Gasteiger partial charge in [-0.3, -0.25) is 4.79 Å². The number of likely N-dealkylation sites (tertiary alicyclic amines) is 1. The number of carbonyl (C=O) groups excluding carboxylic acids is 1. The number of carbonyl (C=O) groups is 1. The molecule has 0 radical (unpaired) electrons. The first kappa shape index (κ1) is 29.9. The molecule has 1 amide bonds. The molecule has 4 heterocycles. The summed E-state index contributed by atoms with van der Waals surface area (Å²) in [6.07, 6.45) is 12.5. The zero-order valence-corrected chi connectivity index (χ0v) is 26.8. The maximum atomic E-state index is 13.7. The molecule has 3 N–H and O–H groups in total. The smallest absolute Gasteiger partial charge is 0.226 e. The number of H-pyrrole nitrogens is 2. The first-order valence-corrected chi connectivity index (χ1v) is 17.2. The van der Waals surface area contributed by atoms with Crippen molar-refractivity contribution in [3.8, 4) is 33.6 Å². The topological polar surface area (TPSA) is 92.9 Å². The lowest BCUT2D eigenvalue weighted by Crippen LogP contribution is -2.42. The number of rotatable bonds is 9. The molecule has 8 heteroatoms. The molecule has 45 heavy (non-hydrogen) atoms. The van der Waals surface area contributed by atoms with Crippen LogP contribution in [-0.2, 0) is 4.79 Å². The number of aromatic nitrogens is 4. The van der Waals surface area contributed by atoms with Crippen molar-refractivity contribution in [1.82, 2.24) is 35.1 Å². The zero-order valence-electron chi connectivity index (χ0n) is 26.8. The maximum Gasteiger partial charge on any atom is 0.226 e. The van der Waals surface area contributed by atoms with E-state index in [1.807, 2.05) is 12.4 Å². The molecule has 1 saturated carbocycles. The average Bonchev–Trinajstić information content (AvgIpc) is 3.92. The monoisotopic (exact) mass is 605 g/mol. The lowest BCUT2D eigenvalue weighted by Gasteiger charge is -2.37. The number of benzene rings is 2. The zero-order chi connectivity index (χ0) is 30.8. The van der Waals surface area contributed by atoms with Crippen LogP contribution < -0.4 is 5.32 Å². The average molecular weight is 606 g/mol. The van der Waals surface area contributed by atoms with Gasteiger partial charge in [0.15, 0.2) is 0 Å². The van der Waals surface area contributed by atoms with Crippen LogP contribution in [0, 0.1) is 5.92 Å². The van der Waals surface area contributed by atoms with Gasteiger partial charge in [0.25, 0.3) is 0 Å². The summed E-state index contributed by atoms with van der Waals surface area (Å²) < 4.78 is 0. The Hall–Kier alpha value is -3.75. The van der Waals surface area contributed by atoms with Gasteiger partial charge in [-0.15, -0.1) is 0 Å². The third-order valence-corrected chi connectivity index (χ3v) is 10.5. The van der Waals surface area contributed by atoms with E-state index in [0.717, 1.165) is 105 Å². The Morgan fingerprint density at radius 2 is 1.33 bits per heavy atom.